The van der Waals surface area contributed by atoms with E-state index in [0.717, 1.165) is 16.9 Å². The van der Waals surface area contributed by atoms with E-state index in [4.69, 9.17) is 11.6 Å². The summed E-state index contributed by atoms with van der Waals surface area (Å²) in [4.78, 5) is 29.3. The molecule has 0 aliphatic carbocycles. The second-order valence-corrected chi connectivity index (χ2v) is 5.87. The van der Waals surface area contributed by atoms with Crippen LogP contribution in [-0.4, -0.2) is 16.8 Å². The van der Waals surface area contributed by atoms with Crippen molar-refractivity contribution in [2.24, 2.45) is 0 Å². The zero-order valence-electron chi connectivity index (χ0n) is 11.6. The van der Waals surface area contributed by atoms with Gasteiger partial charge in [-0.25, -0.2) is 4.98 Å². The van der Waals surface area contributed by atoms with Gasteiger partial charge in [0.05, 0.1) is 10.4 Å². The van der Waals surface area contributed by atoms with Gasteiger partial charge in [0.2, 0.25) is 0 Å². The van der Waals surface area contributed by atoms with E-state index >= 15 is 0 Å². The number of halogens is 1. The summed E-state index contributed by atoms with van der Waals surface area (Å²) >= 11 is 7.07. The molecule has 0 atom stereocenters. The van der Waals surface area contributed by atoms with Crippen molar-refractivity contribution in [3.05, 3.63) is 50.4 Å². The average molecular weight is 324 g/mol. The third kappa shape index (κ3) is 3.80. The molecule has 0 saturated heterocycles. The monoisotopic (exact) mass is 323 g/mol. The van der Waals surface area contributed by atoms with E-state index in [2.05, 4.69) is 15.8 Å². The minimum absolute atomic E-state index is 0.303. The highest BCUT2D eigenvalue weighted by Crippen LogP contribution is 2.21. The fourth-order valence-electron chi connectivity index (χ4n) is 1.74. The number of pyridine rings is 1. The van der Waals surface area contributed by atoms with E-state index in [1.807, 2.05) is 19.9 Å². The molecule has 0 aliphatic heterocycles. The summed E-state index contributed by atoms with van der Waals surface area (Å²) in [6, 6.07) is 4.85. The number of rotatable bonds is 3. The molecule has 0 bridgehead atoms. The maximum atomic E-state index is 12.0. The van der Waals surface area contributed by atoms with Gasteiger partial charge in [0.15, 0.2) is 0 Å². The molecule has 2 N–H and O–H groups in total. The molecule has 2 aromatic heterocycles. The lowest BCUT2D eigenvalue weighted by atomic mass is 10.2. The standard InChI is InChI=1S/C14H14ClN3O2S/c1-3-10-8(2)6-11(21-10)14(20)18-17-13(19)9-4-5-12(15)16-7-9/h4-7H,3H2,1-2H3,(H,17,19)(H,18,20). The molecule has 0 saturated carbocycles. The highest BCUT2D eigenvalue weighted by molar-refractivity contribution is 7.14. The zero-order chi connectivity index (χ0) is 15.4. The van der Waals surface area contributed by atoms with Gasteiger partial charge < -0.3 is 0 Å². The van der Waals surface area contributed by atoms with Crippen LogP contribution in [0.15, 0.2) is 24.4 Å². The Hall–Kier alpha value is -1.92. The van der Waals surface area contributed by atoms with Gasteiger partial charge in [-0.2, -0.15) is 0 Å². The molecular weight excluding hydrogens is 310 g/mol. The molecule has 0 radical (unpaired) electrons. The molecule has 0 unspecified atom stereocenters. The van der Waals surface area contributed by atoms with Crippen LogP contribution < -0.4 is 10.9 Å². The Morgan fingerprint density at radius 3 is 2.57 bits per heavy atom. The largest absolute Gasteiger partial charge is 0.279 e. The summed E-state index contributed by atoms with van der Waals surface area (Å²) in [5.74, 6) is -0.783. The first-order valence-electron chi connectivity index (χ1n) is 6.32. The van der Waals surface area contributed by atoms with Crippen LogP contribution >= 0.6 is 22.9 Å². The lowest BCUT2D eigenvalue weighted by Crippen LogP contribution is -2.41. The third-order valence-electron chi connectivity index (χ3n) is 2.84. The number of hydrazine groups is 1. The molecule has 5 nitrogen and oxygen atoms in total. The molecule has 0 aliphatic rings. The summed E-state index contributed by atoms with van der Waals surface area (Å²) in [6.45, 7) is 4.00. The fourth-order valence-corrected chi connectivity index (χ4v) is 2.86. The van der Waals surface area contributed by atoms with E-state index in [1.165, 1.54) is 29.7 Å². The number of carbonyl (C=O) groups is 2. The number of hydrogen-bond donors (Lipinski definition) is 2. The summed E-state index contributed by atoms with van der Waals surface area (Å²) in [6.07, 6.45) is 2.22. The van der Waals surface area contributed by atoms with Crippen LogP contribution in [0, 0.1) is 6.92 Å². The second kappa shape index (κ2) is 6.69. The summed E-state index contributed by atoms with van der Waals surface area (Å²) in [5.41, 5.74) is 6.14. The van der Waals surface area contributed by atoms with Gasteiger partial charge >= 0.3 is 0 Å². The SMILES string of the molecule is CCc1sc(C(=O)NNC(=O)c2ccc(Cl)nc2)cc1C. The Morgan fingerprint density at radius 2 is 2.00 bits per heavy atom. The number of aryl methyl sites for hydroxylation is 2. The first-order chi connectivity index (χ1) is 10.0. The van der Waals surface area contributed by atoms with E-state index < -0.39 is 5.91 Å². The van der Waals surface area contributed by atoms with Crippen molar-refractivity contribution in [2.75, 3.05) is 0 Å². The normalized spacial score (nSPS) is 10.2. The minimum atomic E-state index is -0.448. The maximum Gasteiger partial charge on any atom is 0.279 e. The molecule has 2 rings (SSSR count). The first kappa shape index (κ1) is 15.5. The lowest BCUT2D eigenvalue weighted by molar-refractivity contribution is 0.0848. The van der Waals surface area contributed by atoms with Crippen LogP contribution in [0.25, 0.3) is 0 Å². The quantitative estimate of drug-likeness (QED) is 0.674. The second-order valence-electron chi connectivity index (χ2n) is 4.35. The molecule has 0 aromatic carbocycles. The van der Waals surface area contributed by atoms with Gasteiger partial charge in [-0.1, -0.05) is 18.5 Å². The first-order valence-corrected chi connectivity index (χ1v) is 7.52. The molecular formula is C14H14ClN3O2S. The molecule has 21 heavy (non-hydrogen) atoms. The van der Waals surface area contributed by atoms with Crippen molar-refractivity contribution in [3.8, 4) is 0 Å². The van der Waals surface area contributed by atoms with E-state index in [9.17, 15) is 9.59 Å². The predicted octanol–water partition coefficient (Wildman–Crippen LogP) is 2.74. The Kier molecular flexibility index (Phi) is 4.93. The number of nitrogens with zero attached hydrogens (tertiary/aromatic N) is 1. The number of aromatic nitrogens is 1. The van der Waals surface area contributed by atoms with Crippen molar-refractivity contribution in [1.29, 1.82) is 0 Å². The van der Waals surface area contributed by atoms with Gasteiger partial charge in [-0.15, -0.1) is 11.3 Å². The van der Waals surface area contributed by atoms with Gasteiger partial charge in [-0.05, 0) is 37.1 Å². The predicted molar refractivity (Wildman–Crippen MR) is 82.6 cm³/mol. The van der Waals surface area contributed by atoms with Crippen molar-refractivity contribution < 1.29 is 9.59 Å². The molecule has 2 amide bonds. The number of amides is 2. The topological polar surface area (TPSA) is 71.1 Å². The van der Waals surface area contributed by atoms with Crippen LogP contribution in [0.4, 0.5) is 0 Å². The van der Waals surface area contributed by atoms with E-state index in [0.29, 0.717) is 15.6 Å². The highest BCUT2D eigenvalue weighted by Gasteiger charge is 2.13. The van der Waals surface area contributed by atoms with Crippen LogP contribution in [0.2, 0.25) is 5.15 Å². The van der Waals surface area contributed by atoms with Crippen molar-refractivity contribution >= 4 is 34.8 Å². The van der Waals surface area contributed by atoms with Crippen molar-refractivity contribution in [1.82, 2.24) is 15.8 Å². The molecule has 0 spiro atoms. The number of hydrogen-bond acceptors (Lipinski definition) is 4. The smallest absolute Gasteiger partial charge is 0.267 e. The number of thiophene rings is 1. The van der Waals surface area contributed by atoms with Crippen molar-refractivity contribution in [3.63, 3.8) is 0 Å². The minimum Gasteiger partial charge on any atom is -0.267 e. The van der Waals surface area contributed by atoms with Gasteiger partial charge in [0.1, 0.15) is 5.15 Å². The zero-order valence-corrected chi connectivity index (χ0v) is 13.1. The molecule has 7 heteroatoms. The molecule has 2 aromatic rings. The molecule has 110 valence electrons. The summed E-state index contributed by atoms with van der Waals surface area (Å²) < 4.78 is 0. The third-order valence-corrected chi connectivity index (χ3v) is 4.45. The summed E-state index contributed by atoms with van der Waals surface area (Å²) in [5, 5.41) is 0.303. The van der Waals surface area contributed by atoms with Crippen molar-refractivity contribution in [2.45, 2.75) is 20.3 Å². The molecule has 2 heterocycles. The van der Waals surface area contributed by atoms with E-state index in [-0.39, 0.29) is 5.91 Å². The van der Waals surface area contributed by atoms with Crippen LogP contribution in [0.5, 0.6) is 0 Å². The Balaban J connectivity index is 1.97. The highest BCUT2D eigenvalue weighted by atomic mass is 35.5. The summed E-state index contributed by atoms with van der Waals surface area (Å²) in [7, 11) is 0. The Bertz CT molecular complexity index is 667. The Labute approximate surface area is 131 Å². The number of nitrogens with one attached hydrogen (secondary N) is 2. The average Bonchev–Trinajstić information content (AvgIpc) is 2.86. The fraction of sp³-hybridized carbons (Fsp3) is 0.214. The van der Waals surface area contributed by atoms with Gasteiger partial charge in [-0.3, -0.25) is 20.4 Å². The molecule has 0 fully saturated rings. The van der Waals surface area contributed by atoms with Crippen LogP contribution in [0.1, 0.15) is 37.4 Å². The maximum absolute atomic E-state index is 12.0. The van der Waals surface area contributed by atoms with E-state index in [1.54, 1.807) is 0 Å². The Morgan fingerprint density at radius 1 is 1.29 bits per heavy atom. The van der Waals surface area contributed by atoms with Crippen LogP contribution in [-0.2, 0) is 6.42 Å². The van der Waals surface area contributed by atoms with Gasteiger partial charge in [0, 0.05) is 11.1 Å². The lowest BCUT2D eigenvalue weighted by Gasteiger charge is -2.05. The van der Waals surface area contributed by atoms with Crippen LogP contribution in [0.3, 0.4) is 0 Å². The van der Waals surface area contributed by atoms with Gasteiger partial charge in [0.25, 0.3) is 11.8 Å². The number of carbonyl (C=O) groups excluding carboxylic acids is 2.